The Hall–Kier alpha value is -3.90. The van der Waals surface area contributed by atoms with Crippen LogP contribution in [0.4, 0.5) is 0 Å². The molecule has 206 valence electrons. The van der Waals surface area contributed by atoms with Gasteiger partial charge in [-0.3, -0.25) is 14.4 Å². The molecule has 9 heteroatoms. The molecule has 2 aromatic rings. The Morgan fingerprint density at radius 3 is 2.49 bits per heavy atom. The van der Waals surface area contributed by atoms with Gasteiger partial charge in [-0.2, -0.15) is 5.26 Å². The standard InChI is InChI=1S/C30H37N5O4/c1-20-28(36)34-25(18-21-9-11-22(19-31)12-10-21)29(37)33-15-5-7-23-6-3-4-8-26(23)39-17-16-32-27(24-13-14-24)30(38)35(20)2/h3-4,6,8-12,20,24-25,27,32H,5,7,13-18H2,1-2H3,(H,33,37)(H,34,36)/t20-,25-,27+/m1/s1. The van der Waals surface area contributed by atoms with Crippen LogP contribution in [0.1, 0.15) is 42.9 Å². The minimum atomic E-state index is -0.830. The summed E-state index contributed by atoms with van der Waals surface area (Å²) in [4.78, 5) is 41.4. The highest BCUT2D eigenvalue weighted by Crippen LogP contribution is 2.33. The van der Waals surface area contributed by atoms with Crippen molar-refractivity contribution in [3.05, 3.63) is 65.2 Å². The highest BCUT2D eigenvalue weighted by Gasteiger charge is 2.39. The Morgan fingerprint density at radius 1 is 1.03 bits per heavy atom. The summed E-state index contributed by atoms with van der Waals surface area (Å²) in [6.45, 7) is 3.04. The van der Waals surface area contributed by atoms with Gasteiger partial charge in [-0.25, -0.2) is 0 Å². The number of amides is 3. The quantitative estimate of drug-likeness (QED) is 0.556. The summed E-state index contributed by atoms with van der Waals surface area (Å²) in [5, 5.41) is 18.3. The molecule has 1 aliphatic carbocycles. The van der Waals surface area contributed by atoms with Gasteiger partial charge in [0.1, 0.15) is 24.4 Å². The fourth-order valence-electron chi connectivity index (χ4n) is 4.76. The lowest BCUT2D eigenvalue weighted by molar-refractivity contribution is -0.141. The molecule has 39 heavy (non-hydrogen) atoms. The SMILES string of the molecule is C[C@@H]1C(=O)N[C@H](Cc2ccc(C#N)cc2)C(=O)NCCCc2ccccc2OCCN[C@@H](C2CC2)C(=O)N1C. The smallest absolute Gasteiger partial charge is 0.243 e. The second-order valence-corrected chi connectivity index (χ2v) is 10.3. The summed E-state index contributed by atoms with van der Waals surface area (Å²) in [5.74, 6) is 0.208. The molecule has 0 bridgehead atoms. The van der Waals surface area contributed by atoms with Crippen LogP contribution < -0.4 is 20.7 Å². The lowest BCUT2D eigenvalue weighted by Gasteiger charge is -2.30. The van der Waals surface area contributed by atoms with Crippen molar-refractivity contribution in [2.75, 3.05) is 26.7 Å². The van der Waals surface area contributed by atoms with E-state index in [-0.39, 0.29) is 30.2 Å². The van der Waals surface area contributed by atoms with Gasteiger partial charge in [0.2, 0.25) is 17.7 Å². The van der Waals surface area contributed by atoms with E-state index in [4.69, 9.17) is 10.00 Å². The number of ether oxygens (including phenoxy) is 1. The van der Waals surface area contributed by atoms with Crippen LogP contribution in [-0.4, -0.2) is 67.5 Å². The van der Waals surface area contributed by atoms with E-state index >= 15 is 0 Å². The average molecular weight is 532 g/mol. The molecule has 1 saturated carbocycles. The van der Waals surface area contributed by atoms with E-state index in [1.165, 1.54) is 4.90 Å². The Labute approximate surface area is 229 Å². The first-order valence-corrected chi connectivity index (χ1v) is 13.6. The number of carbonyl (C=O) groups is 3. The number of hydrogen-bond donors (Lipinski definition) is 3. The van der Waals surface area contributed by atoms with Crippen molar-refractivity contribution in [1.29, 1.82) is 5.26 Å². The van der Waals surface area contributed by atoms with E-state index < -0.39 is 18.0 Å². The van der Waals surface area contributed by atoms with Crippen LogP contribution in [0.3, 0.4) is 0 Å². The minimum absolute atomic E-state index is 0.144. The fraction of sp³-hybridized carbons (Fsp3) is 0.467. The van der Waals surface area contributed by atoms with Crippen LogP contribution in [0, 0.1) is 17.2 Å². The summed E-state index contributed by atoms with van der Waals surface area (Å²) >= 11 is 0. The molecule has 1 heterocycles. The van der Waals surface area contributed by atoms with E-state index in [2.05, 4.69) is 22.0 Å². The summed E-state index contributed by atoms with van der Waals surface area (Å²) in [6.07, 6.45) is 3.63. The summed E-state index contributed by atoms with van der Waals surface area (Å²) in [5.41, 5.74) is 2.39. The van der Waals surface area contributed by atoms with Crippen LogP contribution in [-0.2, 0) is 27.2 Å². The first-order chi connectivity index (χ1) is 18.9. The van der Waals surface area contributed by atoms with Gasteiger partial charge in [-0.15, -0.1) is 0 Å². The number of aryl methyl sites for hydroxylation is 1. The first-order valence-electron chi connectivity index (χ1n) is 13.6. The molecule has 0 aromatic heterocycles. The van der Waals surface area contributed by atoms with E-state index in [1.807, 2.05) is 24.3 Å². The molecule has 1 fully saturated rings. The molecule has 0 saturated heterocycles. The highest BCUT2D eigenvalue weighted by atomic mass is 16.5. The molecular formula is C30H37N5O4. The summed E-state index contributed by atoms with van der Waals surface area (Å²) in [6, 6.07) is 14.9. The normalized spacial score (nSPS) is 23.8. The average Bonchev–Trinajstić information content (AvgIpc) is 3.79. The van der Waals surface area contributed by atoms with Crippen LogP contribution in [0.25, 0.3) is 0 Å². The van der Waals surface area contributed by atoms with Gasteiger partial charge in [0.05, 0.1) is 17.7 Å². The van der Waals surface area contributed by atoms with E-state index in [0.29, 0.717) is 31.7 Å². The number of nitrogens with zero attached hydrogens (tertiary/aromatic N) is 2. The number of hydrogen-bond acceptors (Lipinski definition) is 6. The number of para-hydroxylation sites is 1. The largest absolute Gasteiger partial charge is 0.492 e. The Bertz CT molecular complexity index is 1200. The van der Waals surface area contributed by atoms with Crippen LogP contribution >= 0.6 is 0 Å². The second-order valence-electron chi connectivity index (χ2n) is 10.3. The van der Waals surface area contributed by atoms with Gasteiger partial charge < -0.3 is 25.6 Å². The molecule has 0 radical (unpaired) electrons. The predicted molar refractivity (Wildman–Crippen MR) is 147 cm³/mol. The molecule has 2 aliphatic rings. The molecule has 3 amide bonds. The number of nitriles is 1. The van der Waals surface area contributed by atoms with E-state index in [9.17, 15) is 14.4 Å². The summed E-state index contributed by atoms with van der Waals surface area (Å²) in [7, 11) is 1.63. The van der Waals surface area contributed by atoms with Crippen molar-refractivity contribution in [3.8, 4) is 11.8 Å². The van der Waals surface area contributed by atoms with Gasteiger partial charge in [0.25, 0.3) is 0 Å². The Morgan fingerprint density at radius 2 is 1.77 bits per heavy atom. The number of likely N-dealkylation sites (N-methyl/N-ethyl adjacent to an activating group) is 1. The maximum Gasteiger partial charge on any atom is 0.243 e. The maximum atomic E-state index is 13.4. The molecule has 9 nitrogen and oxygen atoms in total. The lowest BCUT2D eigenvalue weighted by Crippen LogP contribution is -2.56. The van der Waals surface area contributed by atoms with Crippen molar-refractivity contribution in [1.82, 2.24) is 20.9 Å². The van der Waals surface area contributed by atoms with Gasteiger partial charge in [-0.05, 0) is 67.9 Å². The molecular weight excluding hydrogens is 494 g/mol. The second kappa shape index (κ2) is 13.3. The van der Waals surface area contributed by atoms with Crippen LogP contribution in [0.15, 0.2) is 48.5 Å². The number of fused-ring (bicyclic) bond motifs is 1. The highest BCUT2D eigenvalue weighted by molar-refractivity contribution is 5.93. The Kier molecular flexibility index (Phi) is 9.55. The van der Waals surface area contributed by atoms with Crippen LogP contribution in [0.5, 0.6) is 5.75 Å². The van der Waals surface area contributed by atoms with E-state index in [0.717, 1.165) is 36.1 Å². The lowest BCUT2D eigenvalue weighted by atomic mass is 10.0. The third-order valence-electron chi connectivity index (χ3n) is 7.44. The molecule has 1 aliphatic heterocycles. The van der Waals surface area contributed by atoms with Crippen molar-refractivity contribution in [3.63, 3.8) is 0 Å². The van der Waals surface area contributed by atoms with E-state index in [1.54, 1.807) is 38.2 Å². The molecule has 4 rings (SSSR count). The number of carbonyl (C=O) groups excluding carboxylic acids is 3. The fourth-order valence-corrected chi connectivity index (χ4v) is 4.76. The molecule has 2 aromatic carbocycles. The molecule has 3 N–H and O–H groups in total. The minimum Gasteiger partial charge on any atom is -0.492 e. The van der Waals surface area contributed by atoms with Crippen molar-refractivity contribution in [2.45, 2.75) is 57.2 Å². The van der Waals surface area contributed by atoms with Gasteiger partial charge in [0.15, 0.2) is 0 Å². The number of nitrogens with one attached hydrogen (secondary N) is 3. The topological polar surface area (TPSA) is 124 Å². The monoisotopic (exact) mass is 531 g/mol. The predicted octanol–water partition coefficient (Wildman–Crippen LogP) is 1.94. The van der Waals surface area contributed by atoms with Crippen LogP contribution in [0.2, 0.25) is 0 Å². The molecule has 0 unspecified atom stereocenters. The summed E-state index contributed by atoms with van der Waals surface area (Å²) < 4.78 is 6.04. The first kappa shape index (κ1) is 28.1. The third kappa shape index (κ3) is 7.58. The zero-order valence-corrected chi connectivity index (χ0v) is 22.6. The molecule has 3 atom stereocenters. The van der Waals surface area contributed by atoms with Crippen molar-refractivity contribution < 1.29 is 19.1 Å². The van der Waals surface area contributed by atoms with Crippen molar-refractivity contribution in [2.24, 2.45) is 5.92 Å². The zero-order valence-electron chi connectivity index (χ0n) is 22.6. The molecule has 0 spiro atoms. The van der Waals surface area contributed by atoms with Gasteiger partial charge >= 0.3 is 0 Å². The van der Waals surface area contributed by atoms with Gasteiger partial charge in [0, 0.05) is 26.6 Å². The van der Waals surface area contributed by atoms with Crippen molar-refractivity contribution >= 4 is 17.7 Å². The number of rotatable bonds is 3. The number of benzene rings is 2. The Balaban J connectivity index is 1.54. The van der Waals surface area contributed by atoms with Gasteiger partial charge in [-0.1, -0.05) is 30.3 Å². The maximum absolute atomic E-state index is 13.4. The zero-order chi connectivity index (χ0) is 27.8. The third-order valence-corrected chi connectivity index (χ3v) is 7.44.